The Morgan fingerprint density at radius 3 is 1.95 bits per heavy atom. The molecule has 0 radical (unpaired) electrons. The maximum Gasteiger partial charge on any atom is 0.409 e. The molecule has 0 saturated heterocycles. The average Bonchev–Trinajstić information content (AvgIpc) is 2.25. The Labute approximate surface area is 112 Å². The SMILES string of the molecule is O=C(O)c1ccc(NC(=O)C(C(F)(F)F)C(F)(F)F)cn1. The fourth-order valence-corrected chi connectivity index (χ4v) is 1.29. The number of alkyl halides is 6. The van der Waals surface area contributed by atoms with Crippen LogP contribution in [0.15, 0.2) is 18.3 Å². The molecular weight excluding hydrogens is 310 g/mol. The van der Waals surface area contributed by atoms with Gasteiger partial charge >= 0.3 is 18.3 Å². The van der Waals surface area contributed by atoms with Gasteiger partial charge in [-0.3, -0.25) is 4.79 Å². The Hall–Kier alpha value is -2.33. The zero-order valence-corrected chi connectivity index (χ0v) is 9.79. The van der Waals surface area contributed by atoms with Crippen molar-refractivity contribution in [3.05, 3.63) is 24.0 Å². The molecule has 1 amide bonds. The Kier molecular flexibility index (Phi) is 4.44. The minimum absolute atomic E-state index is 0.490. The molecule has 21 heavy (non-hydrogen) atoms. The van der Waals surface area contributed by atoms with Crippen LogP contribution in [0.25, 0.3) is 0 Å². The van der Waals surface area contributed by atoms with Crippen molar-refractivity contribution in [1.82, 2.24) is 4.98 Å². The van der Waals surface area contributed by atoms with Crippen LogP contribution in [-0.4, -0.2) is 34.3 Å². The molecule has 0 aliphatic heterocycles. The molecule has 1 aromatic rings. The molecule has 1 heterocycles. The van der Waals surface area contributed by atoms with Crippen molar-refractivity contribution in [1.29, 1.82) is 0 Å². The molecule has 0 aromatic carbocycles. The number of hydrogen-bond acceptors (Lipinski definition) is 3. The number of rotatable bonds is 3. The first-order chi connectivity index (χ1) is 9.43. The largest absolute Gasteiger partial charge is 0.477 e. The van der Waals surface area contributed by atoms with Gasteiger partial charge < -0.3 is 10.4 Å². The molecular formula is C10H6F6N2O3. The summed E-state index contributed by atoms with van der Waals surface area (Å²) in [5.74, 6) is -7.97. The zero-order chi connectivity index (χ0) is 16.4. The minimum Gasteiger partial charge on any atom is -0.477 e. The second-order valence-electron chi connectivity index (χ2n) is 3.74. The number of hydrogen-bond donors (Lipinski definition) is 2. The molecule has 0 atom stereocenters. The van der Waals surface area contributed by atoms with E-state index in [0.29, 0.717) is 6.20 Å². The van der Waals surface area contributed by atoms with Crippen LogP contribution in [0.4, 0.5) is 32.0 Å². The van der Waals surface area contributed by atoms with Crippen molar-refractivity contribution >= 4 is 17.6 Å². The topological polar surface area (TPSA) is 79.3 Å². The molecule has 1 aromatic heterocycles. The summed E-state index contributed by atoms with van der Waals surface area (Å²) in [6.45, 7) is 0. The molecule has 0 unspecified atom stereocenters. The summed E-state index contributed by atoms with van der Waals surface area (Å²) in [6.07, 6.45) is -11.0. The van der Waals surface area contributed by atoms with E-state index in [1.165, 1.54) is 5.32 Å². The van der Waals surface area contributed by atoms with Crippen molar-refractivity contribution in [2.24, 2.45) is 5.92 Å². The molecule has 0 aliphatic rings. The molecule has 2 N–H and O–H groups in total. The van der Waals surface area contributed by atoms with E-state index < -0.39 is 41.5 Å². The van der Waals surface area contributed by atoms with E-state index in [9.17, 15) is 35.9 Å². The highest BCUT2D eigenvalue weighted by molar-refractivity contribution is 5.94. The molecule has 0 bridgehead atoms. The summed E-state index contributed by atoms with van der Waals surface area (Å²) >= 11 is 0. The van der Waals surface area contributed by atoms with Crippen LogP contribution in [0.2, 0.25) is 0 Å². The van der Waals surface area contributed by atoms with Crippen LogP contribution in [0.1, 0.15) is 10.5 Å². The van der Waals surface area contributed by atoms with Gasteiger partial charge in [0.2, 0.25) is 11.8 Å². The average molecular weight is 316 g/mol. The third kappa shape index (κ3) is 4.33. The number of nitrogens with zero attached hydrogens (tertiary/aromatic N) is 1. The highest BCUT2D eigenvalue weighted by atomic mass is 19.4. The predicted octanol–water partition coefficient (Wildman–Crippen LogP) is 2.46. The van der Waals surface area contributed by atoms with E-state index in [0.717, 1.165) is 12.1 Å². The summed E-state index contributed by atoms with van der Waals surface area (Å²) in [5, 5.41) is 9.90. The lowest BCUT2D eigenvalue weighted by Crippen LogP contribution is -2.45. The number of anilines is 1. The number of aromatic nitrogens is 1. The van der Waals surface area contributed by atoms with E-state index in [1.807, 2.05) is 0 Å². The lowest BCUT2D eigenvalue weighted by atomic mass is 10.1. The van der Waals surface area contributed by atoms with Crippen molar-refractivity contribution in [2.45, 2.75) is 12.4 Å². The summed E-state index contributed by atoms with van der Waals surface area (Å²) in [4.78, 5) is 24.8. The highest BCUT2D eigenvalue weighted by Crippen LogP contribution is 2.39. The van der Waals surface area contributed by atoms with Gasteiger partial charge in [-0.05, 0) is 12.1 Å². The summed E-state index contributed by atoms with van der Waals surface area (Å²) in [6, 6.07) is 1.63. The van der Waals surface area contributed by atoms with Crippen molar-refractivity contribution in [3.63, 3.8) is 0 Å². The lowest BCUT2D eigenvalue weighted by Gasteiger charge is -2.21. The van der Waals surface area contributed by atoms with Gasteiger partial charge in [-0.25, -0.2) is 9.78 Å². The maximum absolute atomic E-state index is 12.3. The fourth-order valence-electron chi connectivity index (χ4n) is 1.29. The van der Waals surface area contributed by atoms with Gasteiger partial charge in [0.15, 0.2) is 0 Å². The molecule has 11 heteroatoms. The number of carboxylic acid groups (broad SMARTS) is 1. The first kappa shape index (κ1) is 16.7. The maximum atomic E-state index is 12.3. The first-order valence-corrected chi connectivity index (χ1v) is 5.06. The summed E-state index contributed by atoms with van der Waals surface area (Å²) in [5.41, 5.74) is -0.986. The fraction of sp³-hybridized carbons (Fsp3) is 0.300. The first-order valence-electron chi connectivity index (χ1n) is 5.06. The molecule has 5 nitrogen and oxygen atoms in total. The van der Waals surface area contributed by atoms with E-state index in [1.54, 1.807) is 0 Å². The highest BCUT2D eigenvalue weighted by Gasteiger charge is 2.61. The number of carbonyl (C=O) groups is 2. The van der Waals surface area contributed by atoms with Gasteiger partial charge in [0, 0.05) is 0 Å². The van der Waals surface area contributed by atoms with Crippen LogP contribution in [0, 0.1) is 5.92 Å². The summed E-state index contributed by atoms with van der Waals surface area (Å²) < 4.78 is 73.6. The van der Waals surface area contributed by atoms with Gasteiger partial charge in [0.25, 0.3) is 0 Å². The Morgan fingerprint density at radius 2 is 1.62 bits per heavy atom. The lowest BCUT2D eigenvalue weighted by molar-refractivity contribution is -0.272. The van der Waals surface area contributed by atoms with Crippen molar-refractivity contribution in [2.75, 3.05) is 5.32 Å². The van der Waals surface area contributed by atoms with E-state index in [2.05, 4.69) is 4.98 Å². The smallest absolute Gasteiger partial charge is 0.409 e. The number of carbonyl (C=O) groups excluding carboxylic acids is 1. The molecule has 0 aliphatic carbocycles. The molecule has 116 valence electrons. The van der Waals surface area contributed by atoms with Gasteiger partial charge in [0.1, 0.15) is 5.69 Å². The molecule has 0 spiro atoms. The standard InChI is InChI=1S/C10H6F6N2O3/c11-9(12,13)6(10(14,15)16)7(19)18-4-1-2-5(8(20)21)17-3-4/h1-3,6H,(H,18,19)(H,20,21). The number of halogens is 6. The second kappa shape index (κ2) is 5.58. The number of carboxylic acids is 1. The third-order valence-corrected chi connectivity index (χ3v) is 2.17. The van der Waals surface area contributed by atoms with Crippen LogP contribution in [0.3, 0.4) is 0 Å². The molecule has 0 saturated carbocycles. The predicted molar refractivity (Wildman–Crippen MR) is 55.4 cm³/mol. The zero-order valence-electron chi connectivity index (χ0n) is 9.79. The number of nitrogens with one attached hydrogen (secondary N) is 1. The van der Waals surface area contributed by atoms with Crippen LogP contribution in [-0.2, 0) is 4.79 Å². The Bertz CT molecular complexity index is 523. The monoisotopic (exact) mass is 316 g/mol. The van der Waals surface area contributed by atoms with Gasteiger partial charge in [-0.15, -0.1) is 0 Å². The van der Waals surface area contributed by atoms with Crippen LogP contribution in [0.5, 0.6) is 0 Å². The van der Waals surface area contributed by atoms with Crippen molar-refractivity contribution in [3.8, 4) is 0 Å². The third-order valence-electron chi connectivity index (χ3n) is 2.17. The van der Waals surface area contributed by atoms with E-state index >= 15 is 0 Å². The van der Waals surface area contributed by atoms with E-state index in [-0.39, 0.29) is 0 Å². The number of amides is 1. The Morgan fingerprint density at radius 1 is 1.10 bits per heavy atom. The van der Waals surface area contributed by atoms with Crippen LogP contribution >= 0.6 is 0 Å². The molecule has 1 rings (SSSR count). The van der Waals surface area contributed by atoms with Gasteiger partial charge in [-0.2, -0.15) is 26.3 Å². The number of aromatic carboxylic acids is 1. The number of pyridine rings is 1. The quantitative estimate of drug-likeness (QED) is 0.840. The normalized spacial score (nSPS) is 12.3. The van der Waals surface area contributed by atoms with Gasteiger partial charge in [-0.1, -0.05) is 0 Å². The molecule has 0 fully saturated rings. The van der Waals surface area contributed by atoms with Crippen LogP contribution < -0.4 is 5.32 Å². The second-order valence-corrected chi connectivity index (χ2v) is 3.74. The Balaban J connectivity index is 2.95. The summed E-state index contributed by atoms with van der Waals surface area (Å²) in [7, 11) is 0. The van der Waals surface area contributed by atoms with Gasteiger partial charge in [0.05, 0.1) is 11.9 Å². The van der Waals surface area contributed by atoms with Crippen molar-refractivity contribution < 1.29 is 41.0 Å². The van der Waals surface area contributed by atoms with E-state index in [4.69, 9.17) is 5.11 Å². The minimum atomic E-state index is -5.81.